The van der Waals surface area contributed by atoms with E-state index in [1.165, 1.54) is 0 Å². The van der Waals surface area contributed by atoms with Gasteiger partial charge in [-0.2, -0.15) is 0 Å². The van der Waals surface area contributed by atoms with E-state index >= 15 is 0 Å². The Hall–Kier alpha value is -2.77. The Balaban J connectivity index is 1.36. The van der Waals surface area contributed by atoms with E-state index in [1.807, 2.05) is 30.0 Å². The number of anilines is 1. The Bertz CT molecular complexity index is 865. The number of ether oxygens (including phenoxy) is 2. The maximum absolute atomic E-state index is 13.0. The number of nitrogens with zero attached hydrogens (tertiary/aromatic N) is 4. The molecule has 2 atom stereocenters. The monoisotopic (exact) mass is 355 g/mol. The average Bonchev–Trinajstić information content (AvgIpc) is 3.13. The quantitative estimate of drug-likeness (QED) is 0.846. The van der Waals surface area contributed by atoms with E-state index in [0.29, 0.717) is 19.0 Å². The molecule has 3 aliphatic heterocycles. The lowest BCUT2D eigenvalue weighted by atomic mass is 10.1. The van der Waals surface area contributed by atoms with Crippen molar-refractivity contribution in [3.05, 3.63) is 29.8 Å². The molecule has 1 N–H and O–H groups in total. The molecule has 26 heavy (non-hydrogen) atoms. The standard InChI is InChI=1S/C18H21N5O3/c1-11-20-21-17-9-13-3-4-14(10-22(11)17)23(13)18(24)19-12-2-5-15-16(8-12)26-7-6-25-15/h2,5,8,13-14H,3-4,6-7,9-10H2,1H3,(H,19,24). The second-order valence-corrected chi connectivity index (χ2v) is 7.06. The van der Waals surface area contributed by atoms with Crippen LogP contribution in [0, 0.1) is 6.92 Å². The molecule has 0 aliphatic carbocycles. The first-order valence-electron chi connectivity index (χ1n) is 9.06. The number of aromatic nitrogens is 3. The van der Waals surface area contributed by atoms with Gasteiger partial charge >= 0.3 is 6.03 Å². The number of hydrogen-bond donors (Lipinski definition) is 1. The van der Waals surface area contributed by atoms with Gasteiger partial charge < -0.3 is 24.3 Å². The Morgan fingerprint density at radius 2 is 1.96 bits per heavy atom. The number of carbonyl (C=O) groups is 1. The van der Waals surface area contributed by atoms with Crippen molar-refractivity contribution in [2.24, 2.45) is 0 Å². The highest BCUT2D eigenvalue weighted by molar-refractivity contribution is 5.90. The number of fused-ring (bicyclic) bond motifs is 4. The van der Waals surface area contributed by atoms with E-state index in [0.717, 1.165) is 48.9 Å². The normalized spacial score (nSPS) is 23.3. The molecule has 5 rings (SSSR count). The summed E-state index contributed by atoms with van der Waals surface area (Å²) >= 11 is 0. The SMILES string of the molecule is Cc1nnc2n1CC1CCC(C2)N1C(=O)Nc1ccc2c(c1)OCCO2. The third-order valence-electron chi connectivity index (χ3n) is 5.47. The number of rotatable bonds is 1. The highest BCUT2D eigenvalue weighted by Gasteiger charge is 2.41. The van der Waals surface area contributed by atoms with Crippen LogP contribution in [0.5, 0.6) is 11.5 Å². The van der Waals surface area contributed by atoms with Gasteiger partial charge in [-0.05, 0) is 31.9 Å². The molecule has 0 saturated carbocycles. The van der Waals surface area contributed by atoms with Gasteiger partial charge in [0.1, 0.15) is 24.9 Å². The van der Waals surface area contributed by atoms with Crippen LogP contribution in [0.2, 0.25) is 0 Å². The zero-order valence-corrected chi connectivity index (χ0v) is 14.6. The smallest absolute Gasteiger partial charge is 0.322 e. The number of aryl methyl sites for hydroxylation is 1. The largest absolute Gasteiger partial charge is 0.486 e. The van der Waals surface area contributed by atoms with E-state index in [-0.39, 0.29) is 18.1 Å². The molecule has 3 aliphatic rings. The first-order valence-corrected chi connectivity index (χ1v) is 9.06. The summed E-state index contributed by atoms with van der Waals surface area (Å²) in [5, 5.41) is 11.5. The minimum Gasteiger partial charge on any atom is -0.486 e. The zero-order valence-electron chi connectivity index (χ0n) is 14.6. The maximum Gasteiger partial charge on any atom is 0.322 e. The van der Waals surface area contributed by atoms with Crippen LogP contribution < -0.4 is 14.8 Å². The van der Waals surface area contributed by atoms with Gasteiger partial charge in [-0.15, -0.1) is 10.2 Å². The molecule has 0 radical (unpaired) electrons. The van der Waals surface area contributed by atoms with E-state index < -0.39 is 0 Å². The summed E-state index contributed by atoms with van der Waals surface area (Å²) in [5.74, 6) is 3.29. The van der Waals surface area contributed by atoms with Gasteiger partial charge in [0, 0.05) is 30.8 Å². The summed E-state index contributed by atoms with van der Waals surface area (Å²) in [6.07, 6.45) is 2.77. The topological polar surface area (TPSA) is 81.5 Å². The fourth-order valence-electron chi connectivity index (χ4n) is 4.22. The second-order valence-electron chi connectivity index (χ2n) is 7.06. The molecule has 1 aromatic carbocycles. The molecule has 2 aromatic rings. The molecule has 8 heteroatoms. The molecular formula is C18H21N5O3. The molecule has 0 spiro atoms. The van der Waals surface area contributed by atoms with Crippen LogP contribution in [0.1, 0.15) is 24.5 Å². The fourth-order valence-corrected chi connectivity index (χ4v) is 4.22. The first-order chi connectivity index (χ1) is 12.7. The minimum absolute atomic E-state index is 0.0643. The highest BCUT2D eigenvalue weighted by Crippen LogP contribution is 2.34. The number of hydrogen-bond acceptors (Lipinski definition) is 5. The summed E-state index contributed by atoms with van der Waals surface area (Å²) < 4.78 is 13.3. The number of amides is 2. The number of benzene rings is 1. The van der Waals surface area contributed by atoms with Crippen LogP contribution in [0.4, 0.5) is 10.5 Å². The minimum atomic E-state index is -0.0643. The molecule has 4 heterocycles. The number of carbonyl (C=O) groups excluding carboxylic acids is 1. The molecule has 2 unspecified atom stereocenters. The first kappa shape index (κ1) is 15.5. The van der Waals surface area contributed by atoms with Crippen LogP contribution >= 0.6 is 0 Å². The second kappa shape index (κ2) is 5.89. The zero-order chi connectivity index (χ0) is 17.7. The molecule has 2 bridgehead atoms. The predicted octanol–water partition coefficient (Wildman–Crippen LogP) is 1.98. The van der Waals surface area contributed by atoms with E-state index in [2.05, 4.69) is 20.1 Å². The van der Waals surface area contributed by atoms with Gasteiger partial charge in [0.25, 0.3) is 0 Å². The average molecular weight is 355 g/mol. The highest BCUT2D eigenvalue weighted by atomic mass is 16.6. The molecule has 8 nitrogen and oxygen atoms in total. The van der Waals surface area contributed by atoms with Crippen LogP contribution in [0.25, 0.3) is 0 Å². The van der Waals surface area contributed by atoms with Crippen molar-refractivity contribution in [2.45, 2.75) is 44.8 Å². The Morgan fingerprint density at radius 3 is 2.85 bits per heavy atom. The van der Waals surface area contributed by atoms with Gasteiger partial charge in [-0.3, -0.25) is 0 Å². The van der Waals surface area contributed by atoms with Crippen LogP contribution in [0.15, 0.2) is 18.2 Å². The van der Waals surface area contributed by atoms with E-state index in [1.54, 1.807) is 0 Å². The summed E-state index contributed by atoms with van der Waals surface area (Å²) in [4.78, 5) is 15.0. The maximum atomic E-state index is 13.0. The van der Waals surface area contributed by atoms with Gasteiger partial charge in [0.15, 0.2) is 11.5 Å². The lowest BCUT2D eigenvalue weighted by Crippen LogP contribution is -2.44. The Labute approximate surface area is 151 Å². The lowest BCUT2D eigenvalue weighted by molar-refractivity contribution is 0.171. The van der Waals surface area contributed by atoms with Gasteiger partial charge in [-0.1, -0.05) is 0 Å². The van der Waals surface area contributed by atoms with Crippen molar-refractivity contribution < 1.29 is 14.3 Å². The number of nitrogens with one attached hydrogen (secondary N) is 1. The van der Waals surface area contributed by atoms with Crippen molar-refractivity contribution in [3.63, 3.8) is 0 Å². The van der Waals surface area contributed by atoms with Crippen molar-refractivity contribution in [2.75, 3.05) is 18.5 Å². The van der Waals surface area contributed by atoms with Crippen LogP contribution in [-0.2, 0) is 13.0 Å². The molecule has 1 saturated heterocycles. The van der Waals surface area contributed by atoms with Crippen molar-refractivity contribution in [1.82, 2.24) is 19.7 Å². The lowest BCUT2D eigenvalue weighted by Gasteiger charge is -2.28. The third kappa shape index (κ3) is 2.48. The molecule has 2 amide bonds. The molecule has 1 fully saturated rings. The Kier molecular flexibility index (Phi) is 3.51. The van der Waals surface area contributed by atoms with Crippen molar-refractivity contribution in [1.29, 1.82) is 0 Å². The van der Waals surface area contributed by atoms with E-state index in [9.17, 15) is 4.79 Å². The van der Waals surface area contributed by atoms with Gasteiger partial charge in [0.05, 0.1) is 6.04 Å². The predicted molar refractivity (Wildman–Crippen MR) is 93.6 cm³/mol. The molecule has 1 aromatic heterocycles. The van der Waals surface area contributed by atoms with Crippen LogP contribution in [-0.4, -0.2) is 51.0 Å². The Morgan fingerprint density at radius 1 is 1.15 bits per heavy atom. The summed E-state index contributed by atoms with van der Waals surface area (Å²) in [5.41, 5.74) is 0.721. The van der Waals surface area contributed by atoms with E-state index in [4.69, 9.17) is 9.47 Å². The van der Waals surface area contributed by atoms with Crippen molar-refractivity contribution >= 4 is 11.7 Å². The fraction of sp³-hybridized carbons (Fsp3) is 0.500. The van der Waals surface area contributed by atoms with Crippen molar-refractivity contribution in [3.8, 4) is 11.5 Å². The summed E-state index contributed by atoms with van der Waals surface area (Å²) in [6, 6.07) is 5.79. The molecule has 136 valence electrons. The molecular weight excluding hydrogens is 334 g/mol. The van der Waals surface area contributed by atoms with Gasteiger partial charge in [0.2, 0.25) is 0 Å². The number of urea groups is 1. The summed E-state index contributed by atoms with van der Waals surface area (Å²) in [6.45, 7) is 3.81. The van der Waals surface area contributed by atoms with Crippen LogP contribution in [0.3, 0.4) is 0 Å². The van der Waals surface area contributed by atoms with Gasteiger partial charge in [-0.25, -0.2) is 4.79 Å². The summed E-state index contributed by atoms with van der Waals surface area (Å²) in [7, 11) is 0. The third-order valence-corrected chi connectivity index (χ3v) is 5.47.